The SMILES string of the molecule is Br.COc1ccc2nccc(CO)c2c1. The van der Waals surface area contributed by atoms with Gasteiger partial charge in [0.1, 0.15) is 5.75 Å². The number of nitrogens with zero attached hydrogens (tertiary/aromatic N) is 1. The lowest BCUT2D eigenvalue weighted by Crippen LogP contribution is -1.89. The predicted octanol–water partition coefficient (Wildman–Crippen LogP) is 2.31. The average Bonchev–Trinajstić information content (AvgIpc) is 2.27. The maximum absolute atomic E-state index is 9.13. The number of halogens is 1. The van der Waals surface area contributed by atoms with Crippen LogP contribution in [0.2, 0.25) is 0 Å². The van der Waals surface area contributed by atoms with Gasteiger partial charge in [0.05, 0.1) is 19.2 Å². The number of methoxy groups -OCH3 is 1. The topological polar surface area (TPSA) is 42.4 Å². The first kappa shape index (κ1) is 11.9. The third-order valence-electron chi connectivity index (χ3n) is 2.21. The van der Waals surface area contributed by atoms with Crippen molar-refractivity contribution in [1.29, 1.82) is 0 Å². The Kier molecular flexibility index (Phi) is 4.05. The van der Waals surface area contributed by atoms with E-state index in [1.165, 1.54) is 0 Å². The number of hydrogen-bond acceptors (Lipinski definition) is 3. The summed E-state index contributed by atoms with van der Waals surface area (Å²) in [5.41, 5.74) is 1.74. The standard InChI is InChI=1S/C11H11NO2.BrH/c1-14-9-2-3-11-10(6-9)8(7-13)4-5-12-11;/h2-6,13H,7H2,1H3;1H. The third kappa shape index (κ3) is 2.27. The van der Waals surface area contributed by atoms with Gasteiger partial charge in [-0.15, -0.1) is 17.0 Å². The highest BCUT2D eigenvalue weighted by molar-refractivity contribution is 8.93. The highest BCUT2D eigenvalue weighted by Gasteiger charge is 2.01. The first-order valence-electron chi connectivity index (χ1n) is 4.37. The number of aliphatic hydroxyl groups excluding tert-OH is 1. The molecule has 0 aliphatic carbocycles. The molecule has 0 unspecified atom stereocenters. The zero-order valence-corrected chi connectivity index (χ0v) is 10.0. The third-order valence-corrected chi connectivity index (χ3v) is 2.21. The Hall–Kier alpha value is -1.13. The number of aliphatic hydroxyl groups is 1. The van der Waals surface area contributed by atoms with Crippen molar-refractivity contribution < 1.29 is 9.84 Å². The van der Waals surface area contributed by atoms with E-state index in [9.17, 15) is 0 Å². The summed E-state index contributed by atoms with van der Waals surface area (Å²) in [5.74, 6) is 0.778. The summed E-state index contributed by atoms with van der Waals surface area (Å²) in [4.78, 5) is 4.20. The molecule has 1 heterocycles. The molecule has 0 aliphatic rings. The van der Waals surface area contributed by atoms with Gasteiger partial charge in [0.2, 0.25) is 0 Å². The Bertz CT molecular complexity index is 459. The van der Waals surface area contributed by atoms with E-state index in [2.05, 4.69) is 4.98 Å². The Morgan fingerprint density at radius 3 is 2.80 bits per heavy atom. The molecular formula is C11H12BrNO2. The van der Waals surface area contributed by atoms with Gasteiger partial charge in [0, 0.05) is 11.6 Å². The van der Waals surface area contributed by atoms with Crippen molar-refractivity contribution in [2.75, 3.05) is 7.11 Å². The monoisotopic (exact) mass is 269 g/mol. The Labute approximate surface area is 98.5 Å². The molecule has 0 bridgehead atoms. The van der Waals surface area contributed by atoms with Crippen LogP contribution in [0, 0.1) is 0 Å². The van der Waals surface area contributed by atoms with Gasteiger partial charge >= 0.3 is 0 Å². The van der Waals surface area contributed by atoms with Crippen molar-refractivity contribution in [2.24, 2.45) is 0 Å². The first-order valence-corrected chi connectivity index (χ1v) is 4.37. The van der Waals surface area contributed by atoms with E-state index < -0.39 is 0 Å². The molecule has 2 aromatic rings. The molecule has 0 amide bonds. The van der Waals surface area contributed by atoms with E-state index in [1.807, 2.05) is 24.3 Å². The molecule has 0 spiro atoms. The zero-order chi connectivity index (χ0) is 9.97. The van der Waals surface area contributed by atoms with Crippen LogP contribution in [0.1, 0.15) is 5.56 Å². The minimum absolute atomic E-state index is 0. The molecule has 3 nitrogen and oxygen atoms in total. The van der Waals surface area contributed by atoms with Gasteiger partial charge in [-0.2, -0.15) is 0 Å². The molecule has 15 heavy (non-hydrogen) atoms. The van der Waals surface area contributed by atoms with Crippen molar-refractivity contribution in [3.05, 3.63) is 36.0 Å². The summed E-state index contributed by atoms with van der Waals surface area (Å²) in [6.45, 7) is 0.0200. The molecule has 0 fully saturated rings. The van der Waals surface area contributed by atoms with Gasteiger partial charge in [0.25, 0.3) is 0 Å². The maximum atomic E-state index is 9.13. The smallest absolute Gasteiger partial charge is 0.119 e. The quantitative estimate of drug-likeness (QED) is 0.910. The predicted molar refractivity (Wildman–Crippen MR) is 64.5 cm³/mol. The zero-order valence-electron chi connectivity index (χ0n) is 8.30. The van der Waals surface area contributed by atoms with Crippen LogP contribution < -0.4 is 4.74 Å². The number of benzene rings is 1. The molecule has 0 saturated heterocycles. The summed E-state index contributed by atoms with van der Waals surface area (Å²) in [5, 5.41) is 10.1. The van der Waals surface area contributed by atoms with Crippen LogP contribution in [0.5, 0.6) is 5.75 Å². The van der Waals surface area contributed by atoms with Crippen LogP contribution in [-0.2, 0) is 6.61 Å². The fourth-order valence-corrected chi connectivity index (χ4v) is 1.45. The first-order chi connectivity index (χ1) is 6.85. The van der Waals surface area contributed by atoms with E-state index in [0.717, 1.165) is 22.2 Å². The number of aromatic nitrogens is 1. The second-order valence-corrected chi connectivity index (χ2v) is 3.01. The van der Waals surface area contributed by atoms with Gasteiger partial charge in [-0.3, -0.25) is 4.98 Å². The van der Waals surface area contributed by atoms with Gasteiger partial charge in [-0.1, -0.05) is 0 Å². The van der Waals surface area contributed by atoms with Gasteiger partial charge in [-0.05, 0) is 29.8 Å². The summed E-state index contributed by atoms with van der Waals surface area (Å²) >= 11 is 0. The highest BCUT2D eigenvalue weighted by atomic mass is 79.9. The van der Waals surface area contributed by atoms with Crippen LogP contribution in [0.15, 0.2) is 30.5 Å². The Morgan fingerprint density at radius 2 is 2.13 bits per heavy atom. The molecule has 80 valence electrons. The van der Waals surface area contributed by atoms with Crippen molar-refractivity contribution in [3.8, 4) is 5.75 Å². The maximum Gasteiger partial charge on any atom is 0.119 e. The van der Waals surface area contributed by atoms with Crippen molar-refractivity contribution in [3.63, 3.8) is 0 Å². The number of ether oxygens (including phenoxy) is 1. The van der Waals surface area contributed by atoms with Crippen molar-refractivity contribution >= 4 is 27.9 Å². The normalized spacial score (nSPS) is 9.73. The number of pyridine rings is 1. The van der Waals surface area contributed by atoms with Crippen LogP contribution in [0.3, 0.4) is 0 Å². The number of fused-ring (bicyclic) bond motifs is 1. The lowest BCUT2D eigenvalue weighted by molar-refractivity contribution is 0.283. The lowest BCUT2D eigenvalue weighted by Gasteiger charge is -2.05. The molecule has 1 N–H and O–H groups in total. The van der Waals surface area contributed by atoms with Crippen LogP contribution in [0.25, 0.3) is 10.9 Å². The Balaban J connectivity index is 0.00000112. The molecular weight excluding hydrogens is 258 g/mol. The molecule has 2 rings (SSSR count). The fraction of sp³-hybridized carbons (Fsp3) is 0.182. The number of hydrogen-bond donors (Lipinski definition) is 1. The van der Waals surface area contributed by atoms with Crippen LogP contribution in [-0.4, -0.2) is 17.2 Å². The summed E-state index contributed by atoms with van der Waals surface area (Å²) in [6.07, 6.45) is 1.69. The molecule has 0 aliphatic heterocycles. The molecule has 0 atom stereocenters. The van der Waals surface area contributed by atoms with E-state index in [-0.39, 0.29) is 23.6 Å². The summed E-state index contributed by atoms with van der Waals surface area (Å²) in [6, 6.07) is 7.43. The van der Waals surface area contributed by atoms with Crippen molar-refractivity contribution in [1.82, 2.24) is 4.98 Å². The van der Waals surface area contributed by atoms with E-state index >= 15 is 0 Å². The van der Waals surface area contributed by atoms with Gasteiger partial charge < -0.3 is 9.84 Å². The van der Waals surface area contributed by atoms with Crippen LogP contribution in [0.4, 0.5) is 0 Å². The molecule has 1 aromatic carbocycles. The highest BCUT2D eigenvalue weighted by Crippen LogP contribution is 2.22. The minimum Gasteiger partial charge on any atom is -0.497 e. The van der Waals surface area contributed by atoms with E-state index in [0.29, 0.717) is 0 Å². The average molecular weight is 270 g/mol. The van der Waals surface area contributed by atoms with E-state index in [4.69, 9.17) is 9.84 Å². The molecule has 0 radical (unpaired) electrons. The van der Waals surface area contributed by atoms with E-state index in [1.54, 1.807) is 13.3 Å². The van der Waals surface area contributed by atoms with Gasteiger partial charge in [-0.25, -0.2) is 0 Å². The molecule has 1 aromatic heterocycles. The fourth-order valence-electron chi connectivity index (χ4n) is 1.45. The largest absolute Gasteiger partial charge is 0.497 e. The minimum atomic E-state index is 0. The summed E-state index contributed by atoms with van der Waals surface area (Å²) in [7, 11) is 1.62. The lowest BCUT2D eigenvalue weighted by atomic mass is 10.1. The number of rotatable bonds is 2. The second-order valence-electron chi connectivity index (χ2n) is 3.01. The Morgan fingerprint density at radius 1 is 1.33 bits per heavy atom. The van der Waals surface area contributed by atoms with Gasteiger partial charge in [0.15, 0.2) is 0 Å². The second kappa shape index (κ2) is 5.09. The summed E-state index contributed by atoms with van der Waals surface area (Å²) < 4.78 is 5.11. The molecule has 4 heteroatoms. The van der Waals surface area contributed by atoms with Crippen molar-refractivity contribution in [2.45, 2.75) is 6.61 Å². The van der Waals surface area contributed by atoms with Crippen LogP contribution >= 0.6 is 17.0 Å². The molecule has 0 saturated carbocycles.